The molecule has 0 aliphatic carbocycles. The van der Waals surface area contributed by atoms with E-state index in [1.807, 2.05) is 147 Å². The molecule has 7 aromatic heterocycles. The predicted molar refractivity (Wildman–Crippen MR) is 565 cm³/mol. The van der Waals surface area contributed by atoms with Crippen molar-refractivity contribution in [2.45, 2.75) is 187 Å². The fourth-order valence-electron chi connectivity index (χ4n) is 16.6. The van der Waals surface area contributed by atoms with Gasteiger partial charge in [0.05, 0.1) is 31.9 Å². The van der Waals surface area contributed by atoms with Gasteiger partial charge in [-0.25, -0.2) is 27.5 Å². The summed E-state index contributed by atoms with van der Waals surface area (Å²) < 4.78 is 138. The lowest BCUT2D eigenvalue weighted by Crippen LogP contribution is -2.34. The molecule has 774 valence electrons. The normalized spacial score (nSPS) is 11.8. The van der Waals surface area contributed by atoms with Crippen molar-refractivity contribution in [3.63, 3.8) is 0 Å². The smallest absolute Gasteiger partial charge is 0.352 e. The fourth-order valence-corrected chi connectivity index (χ4v) is 17.3. The second kappa shape index (κ2) is 47.2. The zero-order valence-corrected chi connectivity index (χ0v) is 86.7. The first-order valence-electron chi connectivity index (χ1n) is 48.3. The molecule has 149 heavy (non-hydrogen) atoms. The van der Waals surface area contributed by atoms with Crippen LogP contribution in [-0.2, 0) is 103 Å². The van der Waals surface area contributed by atoms with E-state index in [1.165, 1.54) is 60.8 Å². The number of carbonyl (C=O) groups is 8. The van der Waals surface area contributed by atoms with Gasteiger partial charge in [0.15, 0.2) is 23.1 Å². The lowest BCUT2D eigenvalue weighted by Gasteiger charge is -2.18. The van der Waals surface area contributed by atoms with E-state index >= 15 is 0 Å². The number of nitrogens with zero attached hydrogens (tertiary/aromatic N) is 6. The van der Waals surface area contributed by atoms with Gasteiger partial charge in [-0.05, 0) is 263 Å². The van der Waals surface area contributed by atoms with E-state index in [4.69, 9.17) is 34.8 Å². The number of H-pyrrole nitrogens is 1. The van der Waals surface area contributed by atoms with Crippen LogP contribution in [0, 0.1) is 33.8 Å². The van der Waals surface area contributed by atoms with Crippen LogP contribution >= 0.6 is 34.8 Å². The third-order valence-electron chi connectivity index (χ3n) is 24.8. The van der Waals surface area contributed by atoms with Crippen LogP contribution in [0.3, 0.4) is 0 Å². The Morgan fingerprint density at radius 1 is 0.349 bits per heavy atom. The summed E-state index contributed by atoms with van der Waals surface area (Å²) in [5.41, 5.74) is 12.7. The minimum absolute atomic E-state index is 0.0526. The quantitative estimate of drug-likeness (QED) is 0.0218. The average molecular weight is 2100 g/mol. The number of aryl methyl sites for hydroxylation is 3. The molecule has 4 amide bonds. The molecule has 0 spiro atoms. The number of hydrogen-bond acceptors (Lipinski definition) is 11. The van der Waals surface area contributed by atoms with Crippen LogP contribution in [0.2, 0.25) is 15.1 Å². The molecule has 0 unspecified atom stereocenters. The maximum atomic E-state index is 13.7. The number of fused-ring (bicyclic) bond motifs is 4. The van der Waals surface area contributed by atoms with E-state index in [1.54, 1.807) is 123 Å². The summed E-state index contributed by atoms with van der Waals surface area (Å²) in [6.07, 6.45) is -6.94. The van der Waals surface area contributed by atoms with Gasteiger partial charge in [-0.2, -0.15) is 26.3 Å². The number of hydrogen-bond donors (Lipinski definition) is 5. The van der Waals surface area contributed by atoms with E-state index in [2.05, 4.69) is 45.8 Å². The molecule has 32 heteroatoms. The molecule has 0 saturated heterocycles. The van der Waals surface area contributed by atoms with Crippen LogP contribution in [0.25, 0.3) is 88.9 Å². The van der Waals surface area contributed by atoms with Gasteiger partial charge in [-0.3, -0.25) is 43.3 Å². The molecule has 0 radical (unpaired) electrons. The summed E-state index contributed by atoms with van der Waals surface area (Å²) in [6.45, 7) is 28.8. The minimum atomic E-state index is -4.43. The number of nitrogens with one attached hydrogen (secondary N) is 5. The summed E-state index contributed by atoms with van der Waals surface area (Å²) in [6, 6.07) is 62.2. The van der Waals surface area contributed by atoms with Crippen LogP contribution in [-0.4, -0.2) is 80.4 Å². The first kappa shape index (κ1) is 112. The summed E-state index contributed by atoms with van der Waals surface area (Å²) in [5, 5.41) is 15.8. The largest absolute Gasteiger partial charge is 0.416 e. The second-order valence-electron chi connectivity index (χ2n) is 39.6. The summed E-state index contributed by atoms with van der Waals surface area (Å²) >= 11 is 19.0. The number of amides is 4. The molecule has 5 N–H and O–H groups in total. The van der Waals surface area contributed by atoms with Gasteiger partial charge in [0.25, 0.3) is 6.43 Å². The van der Waals surface area contributed by atoms with Crippen molar-refractivity contribution in [2.75, 3.05) is 0 Å². The Kier molecular flexibility index (Phi) is 35.3. The number of ketones is 4. The molecule has 7 heterocycles. The number of aromatic amines is 1. The van der Waals surface area contributed by atoms with Gasteiger partial charge >= 0.3 is 12.4 Å². The summed E-state index contributed by atoms with van der Waals surface area (Å²) in [5.74, 6) is -2.23. The molecular formula is C117H112Cl3F10N11O8. The van der Waals surface area contributed by atoms with Crippen molar-refractivity contribution in [1.29, 1.82) is 0 Å². The highest BCUT2D eigenvalue weighted by Crippen LogP contribution is 2.39. The Morgan fingerprint density at radius 3 is 1.06 bits per heavy atom. The first-order valence-corrected chi connectivity index (χ1v) is 49.4. The standard InChI is InChI=1S/C31H30ClF3N2O2.C30H28F5N3O2.C29H29ClFN3O2.C27H25ClFN3O2/c1-5-37-26-13-7-19(14-22(26)17-27(37)21-8-10-23(11-9-21)31(33,34)35)16-28(38)24-15-20(6-12-25(24)32)18-36-29(39)30(2,3)4;1-4-38-24-10-5-18(11-21(24)14-25(38)20-6-8-22(9-7-20)30(33,34)35)13-26(39)23-12-19(15-36-27(23)28(31)32)16-37-29(40)17(2)3;1-5-34-25(20-7-9-22(31)10-8-20)15-21-12-19(17-32-27(21)34)14-26(35)23-13-18(6-11-24(23)30)16-33-28(36)29(2,3)4;1-27(2,3)26(34)31-14-16-4-9-22(28)21(11-16)24(33)12-17-10-19-13-23(32-25(19)30-15-17)18-5-7-20(29)8-6-18/h6-15,17H,5,16,18H2,1-4H3,(H,36,39);5-12,14-15,17,28H,4,13,16H2,1-3H3,(H,37,40);6-13,15,17H,5,14,16H2,1-4H3,(H,33,36);4-11,13,15H,12,14H2,1-3H3,(H,30,32)(H,31,34). The Bertz CT molecular complexity index is 7680. The third-order valence-corrected chi connectivity index (χ3v) is 25.8. The first-order chi connectivity index (χ1) is 70.3. The van der Waals surface area contributed by atoms with E-state index in [0.717, 1.165) is 130 Å². The van der Waals surface area contributed by atoms with E-state index in [-0.39, 0.29) is 103 Å². The number of Topliss-reactive ketones (excluding diaryl/α,β-unsaturated/α-hetero) is 4. The molecule has 19 nitrogen and oxygen atoms in total. The van der Waals surface area contributed by atoms with Crippen LogP contribution in [0.4, 0.5) is 43.9 Å². The lowest BCUT2D eigenvalue weighted by atomic mass is 9.95. The highest BCUT2D eigenvalue weighted by Gasteiger charge is 2.34. The van der Waals surface area contributed by atoms with Gasteiger partial charge in [0.1, 0.15) is 28.6 Å². The number of pyridine rings is 3. The summed E-state index contributed by atoms with van der Waals surface area (Å²) in [4.78, 5) is 117. The zero-order valence-electron chi connectivity index (χ0n) is 84.5. The van der Waals surface area contributed by atoms with Crippen LogP contribution in [0.15, 0.2) is 249 Å². The minimum Gasteiger partial charge on any atom is -0.352 e. The van der Waals surface area contributed by atoms with Crippen molar-refractivity contribution in [1.82, 2.24) is 54.9 Å². The molecule has 9 aromatic carbocycles. The van der Waals surface area contributed by atoms with E-state index < -0.39 is 57.6 Å². The summed E-state index contributed by atoms with van der Waals surface area (Å²) in [7, 11) is 0. The molecule has 0 aliphatic rings. The SMILES string of the molecule is CC(C)(C)C(=O)NCc1ccc(Cl)c(C(=O)Cc2cnc3[nH]c(-c4ccc(F)cc4)cc3c2)c1.CCn1c(-c2ccc(C(F)(F)F)cc2)cc2cc(CC(=O)c3cc(CNC(=O)C(C)(C)C)ccc3Cl)ccc21.CCn1c(-c2ccc(C(F)(F)F)cc2)cc2cc(CC(=O)c3cc(CNC(=O)C(C)C)cnc3C(F)F)ccc21.CCn1c(-c2ccc(F)cc2)cc2cc(CC(=O)c3cc(CNC(=O)C(C)(C)C)ccc3Cl)cnc21. The zero-order chi connectivity index (χ0) is 108. The highest BCUT2D eigenvalue weighted by atomic mass is 35.5. The van der Waals surface area contributed by atoms with Gasteiger partial charge in [0, 0.05) is 184 Å². The van der Waals surface area contributed by atoms with Crippen molar-refractivity contribution in [3.05, 3.63) is 359 Å². The van der Waals surface area contributed by atoms with Crippen LogP contribution in [0.1, 0.15) is 206 Å². The van der Waals surface area contributed by atoms with Crippen molar-refractivity contribution < 1.29 is 82.3 Å². The Balaban J connectivity index is 0.000000166. The van der Waals surface area contributed by atoms with Gasteiger partial charge in [-0.1, -0.05) is 166 Å². The number of carbonyl (C=O) groups excluding carboxylic acids is 8. The molecular weight excluding hydrogens is 1980 g/mol. The second-order valence-corrected chi connectivity index (χ2v) is 40.8. The molecule has 16 aromatic rings. The van der Waals surface area contributed by atoms with Gasteiger partial charge < -0.3 is 40.0 Å². The number of benzene rings is 9. The molecule has 0 atom stereocenters. The van der Waals surface area contributed by atoms with Crippen molar-refractivity contribution in [2.24, 2.45) is 22.2 Å². The molecule has 16 rings (SSSR count). The molecule has 0 saturated carbocycles. The van der Waals surface area contributed by atoms with Crippen molar-refractivity contribution >= 4 is 125 Å². The van der Waals surface area contributed by atoms with E-state index in [0.29, 0.717) is 92.4 Å². The third kappa shape index (κ3) is 28.2. The maximum Gasteiger partial charge on any atom is 0.416 e. The monoisotopic (exact) mass is 2090 g/mol. The Morgan fingerprint density at radius 2 is 0.678 bits per heavy atom. The molecule has 0 fully saturated rings. The molecule has 0 aliphatic heterocycles. The maximum absolute atomic E-state index is 13.7. The highest BCUT2D eigenvalue weighted by molar-refractivity contribution is 6.35. The Hall–Kier alpha value is -14.7. The average Bonchev–Trinajstić information content (AvgIpc) is 1.64. The van der Waals surface area contributed by atoms with Gasteiger partial charge in [-0.15, -0.1) is 0 Å². The number of alkyl halides is 8. The fraction of sp³-hybridized carbons (Fsp3) is 0.274. The van der Waals surface area contributed by atoms with Gasteiger partial charge in [0.2, 0.25) is 23.6 Å². The predicted octanol–water partition coefficient (Wildman–Crippen LogP) is 28.2. The van der Waals surface area contributed by atoms with E-state index in [9.17, 15) is 82.3 Å². The van der Waals surface area contributed by atoms with Crippen molar-refractivity contribution in [3.8, 4) is 45.0 Å². The Labute approximate surface area is 871 Å². The number of halogens is 13. The number of rotatable bonds is 29. The molecule has 0 bridgehead atoms. The number of aromatic nitrogens is 7. The topological polar surface area (TPSA) is 254 Å². The van der Waals surface area contributed by atoms with Crippen LogP contribution in [0.5, 0.6) is 0 Å². The van der Waals surface area contributed by atoms with Crippen LogP contribution < -0.4 is 21.3 Å². The lowest BCUT2D eigenvalue weighted by molar-refractivity contribution is -0.138.